The fourth-order valence-electron chi connectivity index (χ4n) is 1.74. The molecule has 1 unspecified atom stereocenters. The molecule has 1 aromatic heterocycles. The van der Waals surface area contributed by atoms with Crippen LogP contribution in [0, 0.1) is 12.8 Å². The van der Waals surface area contributed by atoms with Gasteiger partial charge in [0.1, 0.15) is 10.6 Å². The van der Waals surface area contributed by atoms with Crippen LogP contribution in [0.1, 0.15) is 34.8 Å². The number of rotatable bonds is 6. The molecule has 0 saturated heterocycles. The van der Waals surface area contributed by atoms with Crippen LogP contribution >= 0.6 is 11.3 Å². The van der Waals surface area contributed by atoms with E-state index in [1.807, 2.05) is 20.0 Å². The summed E-state index contributed by atoms with van der Waals surface area (Å²) in [6.45, 7) is 6.83. The van der Waals surface area contributed by atoms with Crippen LogP contribution in [0.4, 0.5) is 0 Å². The van der Waals surface area contributed by atoms with Crippen LogP contribution in [-0.4, -0.2) is 37.6 Å². The normalized spacial score (nSPS) is 12.6. The molecule has 0 radical (unpaired) electrons. The first-order chi connectivity index (χ1) is 8.86. The highest BCUT2D eigenvalue weighted by Gasteiger charge is 2.20. The Labute approximate surface area is 119 Å². The van der Waals surface area contributed by atoms with Crippen LogP contribution in [0.15, 0.2) is 6.07 Å². The second kappa shape index (κ2) is 6.91. The molecule has 0 bridgehead atoms. The van der Waals surface area contributed by atoms with E-state index >= 15 is 0 Å². The molecule has 0 spiro atoms. The third kappa shape index (κ3) is 4.21. The van der Waals surface area contributed by atoms with Crippen molar-refractivity contribution >= 4 is 17.2 Å². The number of nitrogens with two attached hydrogens (primary N) is 1. The average Bonchev–Trinajstić information content (AvgIpc) is 2.75. The summed E-state index contributed by atoms with van der Waals surface area (Å²) in [5.41, 5.74) is 6.00. The van der Waals surface area contributed by atoms with Gasteiger partial charge in [-0.2, -0.15) is 0 Å². The standard InChI is InChI=1S/C14H24N2O2S/c1-9(2)11(15)6-7-16(4)14(17)13-12(18-5)8-10(3)19-13/h8-9,11H,6-7,15H2,1-5H3. The van der Waals surface area contributed by atoms with Crippen molar-refractivity contribution in [2.24, 2.45) is 11.7 Å². The SMILES string of the molecule is COc1cc(C)sc1C(=O)N(C)CCC(N)C(C)C. The summed E-state index contributed by atoms with van der Waals surface area (Å²) in [6.07, 6.45) is 0.812. The molecule has 0 saturated carbocycles. The van der Waals surface area contributed by atoms with Gasteiger partial charge in [0, 0.05) is 24.5 Å². The Morgan fingerprint density at radius 1 is 1.53 bits per heavy atom. The van der Waals surface area contributed by atoms with Gasteiger partial charge in [0.15, 0.2) is 0 Å². The Balaban J connectivity index is 2.66. The van der Waals surface area contributed by atoms with Gasteiger partial charge in [0.25, 0.3) is 5.91 Å². The Kier molecular flexibility index (Phi) is 5.82. The molecule has 1 atom stereocenters. The van der Waals surface area contributed by atoms with Gasteiger partial charge in [-0.05, 0) is 25.3 Å². The van der Waals surface area contributed by atoms with Crippen molar-refractivity contribution in [3.63, 3.8) is 0 Å². The molecule has 0 fully saturated rings. The van der Waals surface area contributed by atoms with E-state index in [1.54, 1.807) is 12.0 Å². The largest absolute Gasteiger partial charge is 0.495 e. The lowest BCUT2D eigenvalue weighted by Crippen LogP contribution is -2.34. The number of carbonyl (C=O) groups is 1. The maximum Gasteiger partial charge on any atom is 0.267 e. The van der Waals surface area contributed by atoms with E-state index in [4.69, 9.17) is 10.5 Å². The number of amides is 1. The summed E-state index contributed by atoms with van der Waals surface area (Å²) >= 11 is 1.47. The topological polar surface area (TPSA) is 55.6 Å². The van der Waals surface area contributed by atoms with E-state index < -0.39 is 0 Å². The van der Waals surface area contributed by atoms with Crippen LogP contribution in [0.2, 0.25) is 0 Å². The number of carbonyl (C=O) groups excluding carboxylic acids is 1. The van der Waals surface area contributed by atoms with Crippen molar-refractivity contribution in [3.05, 3.63) is 15.8 Å². The molecule has 108 valence electrons. The van der Waals surface area contributed by atoms with Crippen LogP contribution in [0.3, 0.4) is 0 Å². The van der Waals surface area contributed by atoms with Gasteiger partial charge in [0.05, 0.1) is 7.11 Å². The summed E-state index contributed by atoms with van der Waals surface area (Å²) in [5.74, 6) is 1.10. The van der Waals surface area contributed by atoms with Crippen molar-refractivity contribution in [2.75, 3.05) is 20.7 Å². The minimum atomic E-state index is 0.00547. The first kappa shape index (κ1) is 16.0. The zero-order valence-corrected chi connectivity index (χ0v) is 13.2. The average molecular weight is 284 g/mol. The van der Waals surface area contributed by atoms with Gasteiger partial charge in [-0.15, -0.1) is 11.3 Å². The second-order valence-corrected chi connectivity index (χ2v) is 6.43. The van der Waals surface area contributed by atoms with Crippen molar-refractivity contribution in [1.82, 2.24) is 4.90 Å². The Bertz CT molecular complexity index is 429. The molecule has 0 aromatic carbocycles. The van der Waals surface area contributed by atoms with Crippen molar-refractivity contribution < 1.29 is 9.53 Å². The third-order valence-corrected chi connectivity index (χ3v) is 4.26. The van der Waals surface area contributed by atoms with Crippen molar-refractivity contribution in [2.45, 2.75) is 33.2 Å². The minimum absolute atomic E-state index is 0.00547. The molecule has 1 aromatic rings. The Morgan fingerprint density at radius 2 is 2.16 bits per heavy atom. The fourth-order valence-corrected chi connectivity index (χ4v) is 2.72. The maximum absolute atomic E-state index is 12.3. The van der Waals surface area contributed by atoms with Crippen LogP contribution < -0.4 is 10.5 Å². The van der Waals surface area contributed by atoms with Gasteiger partial charge in [-0.1, -0.05) is 13.8 Å². The monoisotopic (exact) mass is 284 g/mol. The number of methoxy groups -OCH3 is 1. The molecule has 0 aliphatic heterocycles. The molecular weight excluding hydrogens is 260 g/mol. The Morgan fingerprint density at radius 3 is 2.68 bits per heavy atom. The Hall–Kier alpha value is -1.07. The van der Waals surface area contributed by atoms with Crippen LogP contribution in [0.25, 0.3) is 0 Å². The molecular formula is C14H24N2O2S. The number of aryl methyl sites for hydroxylation is 1. The van der Waals surface area contributed by atoms with E-state index in [-0.39, 0.29) is 11.9 Å². The van der Waals surface area contributed by atoms with Crippen molar-refractivity contribution in [3.8, 4) is 5.75 Å². The van der Waals surface area contributed by atoms with Gasteiger partial charge in [0.2, 0.25) is 0 Å². The smallest absolute Gasteiger partial charge is 0.267 e. The van der Waals surface area contributed by atoms with Gasteiger partial charge < -0.3 is 15.4 Å². The highest BCUT2D eigenvalue weighted by molar-refractivity contribution is 7.14. The van der Waals surface area contributed by atoms with Gasteiger partial charge in [-0.3, -0.25) is 4.79 Å². The van der Waals surface area contributed by atoms with E-state index in [0.717, 1.165) is 11.3 Å². The molecule has 5 heteroatoms. The summed E-state index contributed by atoms with van der Waals surface area (Å²) in [6, 6.07) is 2.02. The minimum Gasteiger partial charge on any atom is -0.495 e. The summed E-state index contributed by atoms with van der Waals surface area (Å²) in [5, 5.41) is 0. The predicted octanol–water partition coefficient (Wildman–Crippen LogP) is 2.51. The second-order valence-electron chi connectivity index (χ2n) is 5.18. The molecule has 0 aliphatic rings. The van der Waals surface area contributed by atoms with Crippen LogP contribution in [-0.2, 0) is 0 Å². The first-order valence-electron chi connectivity index (χ1n) is 6.52. The number of ether oxygens (including phenoxy) is 1. The van der Waals surface area contributed by atoms with E-state index in [1.165, 1.54) is 11.3 Å². The predicted molar refractivity (Wildman–Crippen MR) is 80.0 cm³/mol. The first-order valence-corrected chi connectivity index (χ1v) is 7.34. The lowest BCUT2D eigenvalue weighted by Gasteiger charge is -2.21. The molecule has 2 N–H and O–H groups in total. The highest BCUT2D eigenvalue weighted by Crippen LogP contribution is 2.29. The van der Waals surface area contributed by atoms with E-state index in [0.29, 0.717) is 23.1 Å². The molecule has 19 heavy (non-hydrogen) atoms. The zero-order valence-electron chi connectivity index (χ0n) is 12.4. The van der Waals surface area contributed by atoms with Crippen LogP contribution in [0.5, 0.6) is 5.75 Å². The fraction of sp³-hybridized carbons (Fsp3) is 0.643. The van der Waals surface area contributed by atoms with E-state index in [2.05, 4.69) is 13.8 Å². The maximum atomic E-state index is 12.3. The van der Waals surface area contributed by atoms with Gasteiger partial charge >= 0.3 is 0 Å². The summed E-state index contributed by atoms with van der Waals surface area (Å²) < 4.78 is 5.24. The van der Waals surface area contributed by atoms with Crippen molar-refractivity contribution in [1.29, 1.82) is 0 Å². The lowest BCUT2D eigenvalue weighted by atomic mass is 10.0. The highest BCUT2D eigenvalue weighted by atomic mass is 32.1. The summed E-state index contributed by atoms with van der Waals surface area (Å²) in [4.78, 5) is 15.8. The van der Waals surface area contributed by atoms with E-state index in [9.17, 15) is 4.79 Å². The number of thiophene rings is 1. The quantitative estimate of drug-likeness (QED) is 0.873. The molecule has 4 nitrogen and oxygen atoms in total. The van der Waals surface area contributed by atoms with Gasteiger partial charge in [-0.25, -0.2) is 0 Å². The zero-order chi connectivity index (χ0) is 14.6. The summed E-state index contributed by atoms with van der Waals surface area (Å²) in [7, 11) is 3.40. The number of hydrogen-bond acceptors (Lipinski definition) is 4. The lowest BCUT2D eigenvalue weighted by molar-refractivity contribution is 0.0791. The number of hydrogen-bond donors (Lipinski definition) is 1. The molecule has 0 aliphatic carbocycles. The third-order valence-electron chi connectivity index (χ3n) is 3.24. The number of nitrogens with zero attached hydrogens (tertiary/aromatic N) is 1. The molecule has 1 heterocycles. The molecule has 1 rings (SSSR count). The molecule has 1 amide bonds.